The maximum Gasteiger partial charge on any atom is 0.319 e. The van der Waals surface area contributed by atoms with Gasteiger partial charge in [-0.15, -0.1) is 0 Å². The topological polar surface area (TPSA) is 76.7 Å². The average molecular weight is 402 g/mol. The molecule has 0 bridgehead atoms. The fourth-order valence-electron chi connectivity index (χ4n) is 2.99. The number of carbonyl (C=O) groups is 2. The van der Waals surface area contributed by atoms with Crippen LogP contribution in [0.1, 0.15) is 5.56 Å². The molecule has 1 fully saturated rings. The third kappa shape index (κ3) is 5.07. The van der Waals surface area contributed by atoms with E-state index < -0.39 is 0 Å². The molecule has 8 heteroatoms. The van der Waals surface area contributed by atoms with Crippen LogP contribution in [0, 0.1) is 0 Å². The average Bonchev–Trinajstić information content (AvgIpc) is 2.67. The molecule has 0 radical (unpaired) electrons. The highest BCUT2D eigenvalue weighted by molar-refractivity contribution is 6.33. The van der Waals surface area contributed by atoms with Crippen molar-refractivity contribution in [3.63, 3.8) is 0 Å². The molecule has 3 N–H and O–H groups in total. The molecule has 3 rings (SSSR count). The molecule has 0 aliphatic carbocycles. The van der Waals surface area contributed by atoms with E-state index in [-0.39, 0.29) is 18.5 Å². The van der Waals surface area contributed by atoms with Crippen molar-refractivity contribution in [1.82, 2.24) is 10.6 Å². The number of amides is 3. The first-order valence-corrected chi connectivity index (χ1v) is 9.42. The van der Waals surface area contributed by atoms with E-state index in [2.05, 4.69) is 16.0 Å². The standard InChI is InChI=1S/C20H24ClN5O2/c1-25(2)16-5-3-4-14(10-16)12-23-20(28)24-15-6-7-18(17(21)11-15)26-9-8-22-19(27)13-26/h3-7,10-11H,8-9,12-13H2,1-2H3,(H,22,27)(H2,23,24,28). The molecule has 0 aromatic heterocycles. The number of urea groups is 1. The number of nitrogens with one attached hydrogen (secondary N) is 3. The van der Waals surface area contributed by atoms with E-state index in [0.29, 0.717) is 30.3 Å². The van der Waals surface area contributed by atoms with Crippen molar-refractivity contribution in [2.24, 2.45) is 0 Å². The number of piperazine rings is 1. The summed E-state index contributed by atoms with van der Waals surface area (Å²) in [5, 5.41) is 8.90. The monoisotopic (exact) mass is 401 g/mol. The Labute approximate surface area is 169 Å². The van der Waals surface area contributed by atoms with Gasteiger partial charge in [-0.25, -0.2) is 4.79 Å². The van der Waals surface area contributed by atoms with Crippen molar-refractivity contribution in [2.75, 3.05) is 48.8 Å². The number of anilines is 3. The van der Waals surface area contributed by atoms with E-state index in [0.717, 1.165) is 16.9 Å². The molecule has 7 nitrogen and oxygen atoms in total. The molecule has 1 aliphatic heterocycles. The minimum atomic E-state index is -0.309. The van der Waals surface area contributed by atoms with Gasteiger partial charge in [-0.05, 0) is 35.9 Å². The van der Waals surface area contributed by atoms with Gasteiger partial charge in [0, 0.05) is 45.1 Å². The Bertz CT molecular complexity index is 871. The van der Waals surface area contributed by atoms with Crippen LogP contribution in [-0.2, 0) is 11.3 Å². The predicted molar refractivity (Wildman–Crippen MR) is 113 cm³/mol. The van der Waals surface area contributed by atoms with Gasteiger partial charge in [0.25, 0.3) is 0 Å². The highest BCUT2D eigenvalue weighted by Gasteiger charge is 2.18. The molecule has 1 heterocycles. The summed E-state index contributed by atoms with van der Waals surface area (Å²) >= 11 is 6.36. The highest BCUT2D eigenvalue weighted by Crippen LogP contribution is 2.29. The lowest BCUT2D eigenvalue weighted by atomic mass is 10.2. The molecule has 0 unspecified atom stereocenters. The van der Waals surface area contributed by atoms with Gasteiger partial charge < -0.3 is 25.8 Å². The second-order valence-corrected chi connectivity index (χ2v) is 7.22. The Morgan fingerprint density at radius 3 is 2.79 bits per heavy atom. The Balaban J connectivity index is 1.57. The SMILES string of the molecule is CN(C)c1cccc(CNC(=O)Nc2ccc(N3CCNC(=O)C3)c(Cl)c2)c1. The Hall–Kier alpha value is -2.93. The van der Waals surface area contributed by atoms with Crippen molar-refractivity contribution in [3.05, 3.63) is 53.1 Å². The van der Waals surface area contributed by atoms with E-state index >= 15 is 0 Å². The van der Waals surface area contributed by atoms with Gasteiger partial charge in [-0.1, -0.05) is 23.7 Å². The number of hydrogen-bond acceptors (Lipinski definition) is 4. The first kappa shape index (κ1) is 19.8. The van der Waals surface area contributed by atoms with E-state index in [9.17, 15) is 9.59 Å². The van der Waals surface area contributed by atoms with Crippen molar-refractivity contribution in [1.29, 1.82) is 0 Å². The summed E-state index contributed by atoms with van der Waals surface area (Å²) in [4.78, 5) is 27.7. The summed E-state index contributed by atoms with van der Waals surface area (Å²) in [5.74, 6) is -0.0257. The summed E-state index contributed by atoms with van der Waals surface area (Å²) in [7, 11) is 3.95. The number of nitrogens with zero attached hydrogens (tertiary/aromatic N) is 2. The lowest BCUT2D eigenvalue weighted by Crippen LogP contribution is -2.47. The number of hydrogen-bond donors (Lipinski definition) is 3. The first-order valence-electron chi connectivity index (χ1n) is 9.04. The summed E-state index contributed by atoms with van der Waals surface area (Å²) in [6.45, 7) is 1.98. The van der Waals surface area contributed by atoms with Gasteiger partial charge in [0.1, 0.15) is 0 Å². The molecule has 2 aromatic rings. The molecule has 148 valence electrons. The quantitative estimate of drug-likeness (QED) is 0.720. The Kier molecular flexibility index (Phi) is 6.26. The normalized spacial score (nSPS) is 13.7. The molecule has 2 aromatic carbocycles. The van der Waals surface area contributed by atoms with Crippen molar-refractivity contribution < 1.29 is 9.59 Å². The third-order valence-corrected chi connectivity index (χ3v) is 4.77. The van der Waals surface area contributed by atoms with Gasteiger partial charge in [0.05, 0.1) is 17.3 Å². The van der Waals surface area contributed by atoms with Crippen LogP contribution in [0.3, 0.4) is 0 Å². The molecule has 3 amide bonds. The van der Waals surface area contributed by atoms with Crippen LogP contribution in [0.5, 0.6) is 0 Å². The van der Waals surface area contributed by atoms with Gasteiger partial charge in [-0.3, -0.25) is 4.79 Å². The Morgan fingerprint density at radius 1 is 1.25 bits per heavy atom. The highest BCUT2D eigenvalue weighted by atomic mass is 35.5. The smallest absolute Gasteiger partial charge is 0.319 e. The minimum Gasteiger partial charge on any atom is -0.378 e. The molecular weight excluding hydrogens is 378 g/mol. The Morgan fingerprint density at radius 2 is 2.07 bits per heavy atom. The van der Waals surface area contributed by atoms with Gasteiger partial charge in [0.2, 0.25) is 5.91 Å². The zero-order chi connectivity index (χ0) is 20.1. The van der Waals surface area contributed by atoms with Gasteiger partial charge >= 0.3 is 6.03 Å². The van der Waals surface area contributed by atoms with Crippen LogP contribution < -0.4 is 25.8 Å². The maximum atomic E-state index is 12.2. The fraction of sp³-hybridized carbons (Fsp3) is 0.300. The molecular formula is C20H24ClN5O2. The summed E-state index contributed by atoms with van der Waals surface area (Å²) in [6, 6.07) is 12.9. The third-order valence-electron chi connectivity index (χ3n) is 4.46. The van der Waals surface area contributed by atoms with Crippen molar-refractivity contribution >= 4 is 40.6 Å². The number of halogens is 1. The summed E-state index contributed by atoms with van der Waals surface area (Å²) < 4.78 is 0. The van der Waals surface area contributed by atoms with Crippen LogP contribution in [0.2, 0.25) is 5.02 Å². The molecule has 1 saturated heterocycles. The van der Waals surface area contributed by atoms with Crippen LogP contribution >= 0.6 is 11.6 Å². The number of benzene rings is 2. The second kappa shape index (κ2) is 8.84. The van der Waals surface area contributed by atoms with Crippen LogP contribution in [0.25, 0.3) is 0 Å². The van der Waals surface area contributed by atoms with E-state index in [1.54, 1.807) is 12.1 Å². The van der Waals surface area contributed by atoms with E-state index in [1.165, 1.54) is 0 Å². The second-order valence-electron chi connectivity index (χ2n) is 6.81. The van der Waals surface area contributed by atoms with Gasteiger partial charge in [0.15, 0.2) is 0 Å². The molecule has 0 spiro atoms. The van der Waals surface area contributed by atoms with E-state index in [1.807, 2.05) is 54.2 Å². The lowest BCUT2D eigenvalue weighted by molar-refractivity contribution is -0.120. The predicted octanol–water partition coefficient (Wildman–Crippen LogP) is 2.66. The molecule has 28 heavy (non-hydrogen) atoms. The summed E-state index contributed by atoms with van der Waals surface area (Å²) in [6.07, 6.45) is 0. The zero-order valence-corrected chi connectivity index (χ0v) is 16.7. The van der Waals surface area contributed by atoms with Crippen LogP contribution in [-0.4, -0.2) is 45.7 Å². The molecule has 0 saturated carbocycles. The largest absolute Gasteiger partial charge is 0.378 e. The van der Waals surface area contributed by atoms with Crippen molar-refractivity contribution in [3.8, 4) is 0 Å². The first-order chi connectivity index (χ1) is 13.4. The molecule has 1 aliphatic rings. The number of rotatable bonds is 5. The van der Waals surface area contributed by atoms with Crippen LogP contribution in [0.15, 0.2) is 42.5 Å². The lowest BCUT2D eigenvalue weighted by Gasteiger charge is -2.29. The zero-order valence-electron chi connectivity index (χ0n) is 16.0. The summed E-state index contributed by atoms with van der Waals surface area (Å²) in [5.41, 5.74) is 3.46. The fourth-order valence-corrected chi connectivity index (χ4v) is 3.29. The van der Waals surface area contributed by atoms with Crippen molar-refractivity contribution in [2.45, 2.75) is 6.54 Å². The van der Waals surface area contributed by atoms with E-state index in [4.69, 9.17) is 11.6 Å². The van der Waals surface area contributed by atoms with Crippen LogP contribution in [0.4, 0.5) is 21.9 Å². The minimum absolute atomic E-state index is 0.0257. The number of carbonyl (C=O) groups excluding carboxylic acids is 2. The van der Waals surface area contributed by atoms with Gasteiger partial charge in [-0.2, -0.15) is 0 Å². The maximum absolute atomic E-state index is 12.2. The molecule has 0 atom stereocenters.